The van der Waals surface area contributed by atoms with Crippen molar-refractivity contribution in [3.63, 3.8) is 0 Å². The molecule has 0 heterocycles. The molecule has 0 aromatic heterocycles. The largest absolute Gasteiger partial charge is 0.449 e. The van der Waals surface area contributed by atoms with Crippen LogP contribution in [0.2, 0.25) is 0 Å². The molecule has 3 aromatic carbocycles. The number of carbonyl (C=O) groups excluding carboxylic acids is 2. The summed E-state index contributed by atoms with van der Waals surface area (Å²) in [5.41, 5.74) is 6.27. The molecule has 0 spiro atoms. The maximum Gasteiger partial charge on any atom is 0.407 e. The molecule has 1 amide bonds. The van der Waals surface area contributed by atoms with Crippen LogP contribution in [0.3, 0.4) is 0 Å². The van der Waals surface area contributed by atoms with Gasteiger partial charge in [0.2, 0.25) is 0 Å². The van der Waals surface area contributed by atoms with E-state index in [1.807, 2.05) is 43.3 Å². The molecule has 0 bridgehead atoms. The summed E-state index contributed by atoms with van der Waals surface area (Å²) >= 11 is 0. The second kappa shape index (κ2) is 9.98. The zero-order chi connectivity index (χ0) is 22.3. The van der Waals surface area contributed by atoms with Crippen LogP contribution in [0.4, 0.5) is 4.79 Å². The number of hydrogen-bond donors (Lipinski definition) is 1. The minimum Gasteiger partial charge on any atom is -0.449 e. The Balaban J connectivity index is 1.27. The summed E-state index contributed by atoms with van der Waals surface area (Å²) in [4.78, 5) is 24.0. The number of benzene rings is 3. The van der Waals surface area contributed by atoms with Crippen molar-refractivity contribution in [2.45, 2.75) is 25.7 Å². The lowest BCUT2D eigenvalue weighted by atomic mass is 9.98. The van der Waals surface area contributed by atoms with Crippen LogP contribution in [-0.2, 0) is 4.74 Å². The summed E-state index contributed by atoms with van der Waals surface area (Å²) in [7, 11) is 0. The van der Waals surface area contributed by atoms with Gasteiger partial charge in [0.05, 0.1) is 0 Å². The maximum absolute atomic E-state index is 12.2. The van der Waals surface area contributed by atoms with Crippen molar-refractivity contribution in [1.29, 1.82) is 0 Å². The van der Waals surface area contributed by atoms with E-state index in [0.29, 0.717) is 31.6 Å². The fourth-order valence-corrected chi connectivity index (χ4v) is 4.02. The number of fused-ring (bicyclic) bond motifs is 3. The van der Waals surface area contributed by atoms with Gasteiger partial charge in [-0.1, -0.05) is 79.4 Å². The molecule has 0 unspecified atom stereocenters. The van der Waals surface area contributed by atoms with Gasteiger partial charge in [-0.2, -0.15) is 0 Å². The molecule has 3 aromatic rings. The number of ether oxygens (including phenoxy) is 1. The number of hydrogen-bond acceptors (Lipinski definition) is 3. The third kappa shape index (κ3) is 4.73. The summed E-state index contributed by atoms with van der Waals surface area (Å²) in [6.45, 7) is 2.54. The van der Waals surface area contributed by atoms with Crippen molar-refractivity contribution in [2.75, 3.05) is 13.2 Å². The Morgan fingerprint density at radius 3 is 2.31 bits per heavy atom. The minimum absolute atomic E-state index is 0.0473. The molecule has 0 saturated heterocycles. The molecular formula is C28H25NO3. The Hall–Kier alpha value is -3.84. The lowest BCUT2D eigenvalue weighted by Crippen LogP contribution is -2.26. The van der Waals surface area contributed by atoms with Gasteiger partial charge in [0.25, 0.3) is 0 Å². The van der Waals surface area contributed by atoms with Crippen LogP contribution in [-0.4, -0.2) is 25.0 Å². The number of carbonyl (C=O) groups is 2. The highest BCUT2D eigenvalue weighted by Gasteiger charge is 2.28. The average Bonchev–Trinajstić information content (AvgIpc) is 3.16. The molecule has 4 heteroatoms. The Morgan fingerprint density at radius 1 is 0.938 bits per heavy atom. The Labute approximate surface area is 188 Å². The van der Waals surface area contributed by atoms with Gasteiger partial charge in [0.15, 0.2) is 5.78 Å². The predicted molar refractivity (Wildman–Crippen MR) is 126 cm³/mol. The van der Waals surface area contributed by atoms with Crippen LogP contribution >= 0.6 is 0 Å². The summed E-state index contributed by atoms with van der Waals surface area (Å²) in [6.07, 6.45) is 0.529. The monoisotopic (exact) mass is 423 g/mol. The Kier molecular flexibility index (Phi) is 6.67. The average molecular weight is 424 g/mol. The molecule has 1 aliphatic rings. The highest BCUT2D eigenvalue weighted by molar-refractivity contribution is 5.96. The first-order chi connectivity index (χ1) is 15.7. The molecule has 0 saturated carbocycles. The van der Waals surface area contributed by atoms with Gasteiger partial charge < -0.3 is 10.1 Å². The van der Waals surface area contributed by atoms with Gasteiger partial charge in [-0.05, 0) is 34.4 Å². The topological polar surface area (TPSA) is 55.4 Å². The Bertz CT molecular complexity index is 1160. The summed E-state index contributed by atoms with van der Waals surface area (Å²) in [5.74, 6) is 6.22. The number of alkyl carbamates (subject to hydrolysis) is 1. The normalized spacial score (nSPS) is 11.7. The first kappa shape index (κ1) is 21.4. The van der Waals surface area contributed by atoms with E-state index in [0.717, 1.165) is 5.56 Å². The fraction of sp³-hybridized carbons (Fsp3) is 0.214. The lowest BCUT2D eigenvalue weighted by Gasteiger charge is -2.14. The molecule has 0 radical (unpaired) electrons. The van der Waals surface area contributed by atoms with Gasteiger partial charge in [-0.3, -0.25) is 4.79 Å². The SMILES string of the molecule is CCC(=O)c1cccc(C#CCCNC(=O)OCC2c3ccccc3-c3ccccc32)c1. The maximum atomic E-state index is 12.2. The van der Waals surface area contributed by atoms with Crippen LogP contribution in [0, 0.1) is 11.8 Å². The zero-order valence-electron chi connectivity index (χ0n) is 18.1. The smallest absolute Gasteiger partial charge is 0.407 e. The molecule has 0 aliphatic heterocycles. The molecule has 4 rings (SSSR count). The third-order valence-electron chi connectivity index (χ3n) is 5.60. The fourth-order valence-electron chi connectivity index (χ4n) is 4.02. The van der Waals surface area contributed by atoms with Crippen LogP contribution in [0.1, 0.15) is 52.7 Å². The highest BCUT2D eigenvalue weighted by atomic mass is 16.5. The number of ketones is 1. The van der Waals surface area contributed by atoms with Crippen LogP contribution in [0.25, 0.3) is 11.1 Å². The van der Waals surface area contributed by atoms with E-state index in [2.05, 4.69) is 41.4 Å². The molecule has 1 aliphatic carbocycles. The second-order valence-electron chi connectivity index (χ2n) is 7.66. The molecule has 32 heavy (non-hydrogen) atoms. The number of rotatable bonds is 6. The number of Topliss-reactive ketones (excluding diaryl/α,β-unsaturated/α-hetero) is 1. The van der Waals surface area contributed by atoms with E-state index >= 15 is 0 Å². The predicted octanol–water partition coefficient (Wildman–Crippen LogP) is 5.56. The zero-order valence-corrected chi connectivity index (χ0v) is 18.1. The van der Waals surface area contributed by atoms with Crippen molar-refractivity contribution in [2.24, 2.45) is 0 Å². The van der Waals surface area contributed by atoms with E-state index in [1.54, 1.807) is 12.1 Å². The molecule has 4 nitrogen and oxygen atoms in total. The van der Waals surface area contributed by atoms with Crippen molar-refractivity contribution >= 4 is 11.9 Å². The molecule has 0 atom stereocenters. The molecule has 0 fully saturated rings. The van der Waals surface area contributed by atoms with Gasteiger partial charge in [0.1, 0.15) is 6.61 Å². The number of amides is 1. The van der Waals surface area contributed by atoms with Crippen molar-refractivity contribution < 1.29 is 14.3 Å². The second-order valence-corrected chi connectivity index (χ2v) is 7.66. The molecule has 160 valence electrons. The Morgan fingerprint density at radius 2 is 1.62 bits per heavy atom. The molecular weight excluding hydrogens is 398 g/mol. The van der Waals surface area contributed by atoms with Gasteiger partial charge >= 0.3 is 6.09 Å². The third-order valence-corrected chi connectivity index (χ3v) is 5.60. The summed E-state index contributed by atoms with van der Waals surface area (Å²) in [5, 5.41) is 2.76. The van der Waals surface area contributed by atoms with Crippen LogP contribution < -0.4 is 5.32 Å². The van der Waals surface area contributed by atoms with Crippen LogP contribution in [0.15, 0.2) is 72.8 Å². The van der Waals surface area contributed by atoms with E-state index in [1.165, 1.54) is 22.3 Å². The van der Waals surface area contributed by atoms with Crippen LogP contribution in [0.5, 0.6) is 0 Å². The highest BCUT2D eigenvalue weighted by Crippen LogP contribution is 2.44. The van der Waals surface area contributed by atoms with Crippen molar-refractivity contribution in [3.8, 4) is 23.0 Å². The summed E-state index contributed by atoms with van der Waals surface area (Å²) in [6, 6.07) is 23.8. The number of nitrogens with one attached hydrogen (secondary N) is 1. The van der Waals surface area contributed by atoms with E-state index < -0.39 is 6.09 Å². The minimum atomic E-state index is -0.441. The van der Waals surface area contributed by atoms with Gasteiger partial charge in [-0.15, -0.1) is 0 Å². The summed E-state index contributed by atoms with van der Waals surface area (Å²) < 4.78 is 5.52. The lowest BCUT2D eigenvalue weighted by molar-refractivity contribution is 0.0988. The van der Waals surface area contributed by atoms with E-state index in [-0.39, 0.29) is 11.7 Å². The van der Waals surface area contributed by atoms with Gasteiger partial charge in [0, 0.05) is 36.4 Å². The first-order valence-corrected chi connectivity index (χ1v) is 10.9. The van der Waals surface area contributed by atoms with Gasteiger partial charge in [-0.25, -0.2) is 4.79 Å². The van der Waals surface area contributed by atoms with E-state index in [9.17, 15) is 9.59 Å². The van der Waals surface area contributed by atoms with E-state index in [4.69, 9.17) is 4.74 Å². The first-order valence-electron chi connectivity index (χ1n) is 10.9. The molecule has 1 N–H and O–H groups in total. The quantitative estimate of drug-likeness (QED) is 0.321. The van der Waals surface area contributed by atoms with Crippen molar-refractivity contribution in [1.82, 2.24) is 5.32 Å². The standard InChI is InChI=1S/C28H25NO3/c1-2-27(30)21-12-9-11-20(18-21)10-7-8-17-29-28(31)32-19-26-24-15-5-3-13-22(24)23-14-4-6-16-25(23)26/h3-6,9,11-16,18,26H,2,8,17,19H2,1H3,(H,29,31). The van der Waals surface area contributed by atoms with Crippen molar-refractivity contribution in [3.05, 3.63) is 95.1 Å².